The molecule has 1 unspecified atom stereocenters. The second-order valence-electron chi connectivity index (χ2n) is 27.2. The Balaban J connectivity index is 2.06. The van der Waals surface area contributed by atoms with Crippen LogP contribution < -0.4 is 15.4 Å². The number of carbonyl (C=O) groups is 7. The summed E-state index contributed by atoms with van der Waals surface area (Å²) in [6, 6.07) is 8.72. The highest BCUT2D eigenvalue weighted by Crippen LogP contribution is 2.63. The van der Waals surface area contributed by atoms with Gasteiger partial charge in [0, 0.05) is 44.8 Å². The number of hydrogen-bond acceptors (Lipinski definition) is 15. The van der Waals surface area contributed by atoms with Crippen molar-refractivity contribution in [2.24, 2.45) is 27.7 Å². The lowest BCUT2D eigenvalue weighted by molar-refractivity contribution is -0.115. The minimum Gasteiger partial charge on any atom is -0.497 e. The van der Waals surface area contributed by atoms with Gasteiger partial charge in [-0.3, -0.25) is 10.1 Å². The first-order valence-corrected chi connectivity index (χ1v) is 30.3. The van der Waals surface area contributed by atoms with Crippen molar-refractivity contribution in [2.75, 3.05) is 27.3 Å². The van der Waals surface area contributed by atoms with Gasteiger partial charge in [-0.2, -0.15) is 0 Å². The summed E-state index contributed by atoms with van der Waals surface area (Å²) < 4.78 is 49.6. The maximum Gasteiger partial charge on any atom is 0.437 e. The van der Waals surface area contributed by atoms with Crippen LogP contribution in [0.4, 0.5) is 24.0 Å². The highest BCUT2D eigenvalue weighted by atomic mass is 28.4. The molecule has 24 nitrogen and oxygen atoms in total. The van der Waals surface area contributed by atoms with Gasteiger partial charge in [0.15, 0.2) is 14.5 Å². The molecule has 7 atom stereocenters. The lowest BCUT2D eigenvalue weighted by Gasteiger charge is -2.48. The molecule has 1 spiro atoms. The Morgan fingerprint density at radius 1 is 0.744 bits per heavy atom. The van der Waals surface area contributed by atoms with Crippen LogP contribution in [-0.2, 0) is 44.2 Å². The zero-order chi connectivity index (χ0) is 62.1. The van der Waals surface area contributed by atoms with E-state index in [2.05, 4.69) is 25.6 Å². The molecule has 6 amide bonds. The number of aliphatic imine (C=N–C) groups is 2. The van der Waals surface area contributed by atoms with Gasteiger partial charge in [0.1, 0.15) is 57.3 Å². The summed E-state index contributed by atoms with van der Waals surface area (Å²) in [6.45, 7) is 34.1. The Bertz CT molecular complexity index is 2710. The van der Waals surface area contributed by atoms with Gasteiger partial charge in [-0.1, -0.05) is 32.9 Å². The second kappa shape index (κ2) is 24.2. The summed E-state index contributed by atoms with van der Waals surface area (Å²) in [4.78, 5) is 117. The molecule has 1 aromatic carbocycles. The molecule has 2 aromatic rings. The van der Waals surface area contributed by atoms with Crippen molar-refractivity contribution in [1.29, 1.82) is 0 Å². The quantitative estimate of drug-likeness (QED) is 0.0586. The van der Waals surface area contributed by atoms with E-state index in [1.165, 1.54) is 24.1 Å². The fraction of sp³-hybridized carbons (Fsp3) is 0.667. The van der Waals surface area contributed by atoms with Crippen molar-refractivity contribution in [2.45, 2.75) is 201 Å². The maximum absolute atomic E-state index is 15.4. The van der Waals surface area contributed by atoms with Crippen LogP contribution in [0, 0.1) is 17.8 Å². The number of hydrazine groups is 1. The highest BCUT2D eigenvalue weighted by Gasteiger charge is 2.82. The number of hydrogen-bond donors (Lipinski definition) is 3. The van der Waals surface area contributed by atoms with Crippen molar-refractivity contribution in [3.63, 3.8) is 0 Å². The molecule has 456 valence electrons. The van der Waals surface area contributed by atoms with Gasteiger partial charge >= 0.3 is 30.5 Å². The summed E-state index contributed by atoms with van der Waals surface area (Å²) in [7, 11) is -0.400. The standard InChI is InChI=1S/C57H89N9O15Si/c1-51(2,3)76-46(69)60-44(61-47(70)77-52(4,5)6)65-39(33-67)40-36(30-59-42(68)38-24-23-29-58-38)37(32-63(49(72)79-54(10,11)12)31-34-25-27-35(74-19)28-26-34)41(81-82(21,22)56(16,17)18)57(40)43(75-20)64(50(73)80-55(13,14)15)45(66(57)65)62-48(71)78-53(7,8)9/h23-29,33,36-37,39-41,43,58H,30-32H2,1-22H3,(H,59,68)(H,60,61,69,70)/b62-45+/t36-,37-,39-,40-,41+,43?,57+/m1/s1. The van der Waals surface area contributed by atoms with E-state index in [-0.39, 0.29) is 25.3 Å². The fourth-order valence-corrected chi connectivity index (χ4v) is 11.3. The van der Waals surface area contributed by atoms with Gasteiger partial charge in [0.2, 0.25) is 11.9 Å². The number of aromatic nitrogens is 1. The minimum atomic E-state index is -3.25. The van der Waals surface area contributed by atoms with Gasteiger partial charge in [0.05, 0.1) is 13.2 Å². The topological polar surface area (TPSA) is 271 Å². The number of alkyl carbamates (subject to hydrolysis) is 1. The number of nitrogens with one attached hydrogen (secondary N) is 3. The Morgan fingerprint density at radius 2 is 1.30 bits per heavy atom. The van der Waals surface area contributed by atoms with E-state index in [4.69, 9.17) is 37.6 Å². The van der Waals surface area contributed by atoms with Crippen molar-refractivity contribution >= 4 is 62.9 Å². The third-order valence-corrected chi connectivity index (χ3v) is 18.3. The maximum atomic E-state index is 15.4. The van der Waals surface area contributed by atoms with Crippen molar-refractivity contribution in [3.05, 3.63) is 53.9 Å². The predicted molar refractivity (Wildman–Crippen MR) is 307 cm³/mol. The van der Waals surface area contributed by atoms with Crippen LogP contribution >= 0.6 is 0 Å². The van der Waals surface area contributed by atoms with Crippen LogP contribution in [0.2, 0.25) is 18.1 Å². The number of benzene rings is 1. The van der Waals surface area contributed by atoms with Gasteiger partial charge in [-0.15, -0.1) is 9.98 Å². The largest absolute Gasteiger partial charge is 0.497 e. The molecule has 0 bridgehead atoms. The highest BCUT2D eigenvalue weighted by molar-refractivity contribution is 6.74. The zero-order valence-corrected chi connectivity index (χ0v) is 53.0. The van der Waals surface area contributed by atoms with Gasteiger partial charge < -0.3 is 57.6 Å². The van der Waals surface area contributed by atoms with E-state index in [1.54, 1.807) is 146 Å². The summed E-state index contributed by atoms with van der Waals surface area (Å²) in [5.74, 6) is -4.57. The second-order valence-corrected chi connectivity index (χ2v) is 32.0. The molecular formula is C57H89N9O15Si. The van der Waals surface area contributed by atoms with E-state index in [0.717, 1.165) is 9.91 Å². The molecule has 82 heavy (non-hydrogen) atoms. The molecular weight excluding hydrogens is 1080 g/mol. The van der Waals surface area contributed by atoms with E-state index in [9.17, 15) is 28.8 Å². The van der Waals surface area contributed by atoms with Gasteiger partial charge in [-0.05, 0) is 158 Å². The molecule has 1 aliphatic carbocycles. The molecule has 2 saturated heterocycles. The summed E-state index contributed by atoms with van der Waals surface area (Å²) in [5.41, 5.74) is -6.86. The number of aromatic amines is 1. The molecule has 3 N–H and O–H groups in total. The van der Waals surface area contributed by atoms with Gasteiger partial charge in [-0.25, -0.2) is 38.9 Å². The molecule has 5 rings (SSSR count). The fourth-order valence-electron chi connectivity index (χ4n) is 9.95. The van der Waals surface area contributed by atoms with Crippen molar-refractivity contribution in [1.82, 2.24) is 35.4 Å². The predicted octanol–water partition coefficient (Wildman–Crippen LogP) is 9.61. The summed E-state index contributed by atoms with van der Waals surface area (Å²) in [6.07, 6.45) is -6.34. The first-order chi connectivity index (χ1) is 37.5. The Kier molecular flexibility index (Phi) is 19.5. The lowest BCUT2D eigenvalue weighted by atomic mass is 9.77. The number of carbonyl (C=O) groups excluding carboxylic acids is 7. The molecule has 3 heterocycles. The van der Waals surface area contributed by atoms with E-state index in [0.29, 0.717) is 17.6 Å². The molecule has 3 aliphatic rings. The summed E-state index contributed by atoms with van der Waals surface area (Å²) >= 11 is 0. The van der Waals surface area contributed by atoms with Crippen molar-refractivity contribution < 1.29 is 71.1 Å². The summed E-state index contributed by atoms with van der Waals surface area (Å²) in [5, 5.41) is 7.51. The normalized spacial score (nSPS) is 22.9. The lowest BCUT2D eigenvalue weighted by Crippen LogP contribution is -2.65. The first-order valence-electron chi connectivity index (χ1n) is 27.4. The molecule has 1 saturated carbocycles. The Morgan fingerprint density at radius 3 is 1.79 bits per heavy atom. The number of guanidine groups is 2. The van der Waals surface area contributed by atoms with Crippen LogP contribution in [0.15, 0.2) is 52.6 Å². The third kappa shape index (κ3) is 15.7. The molecule has 3 fully saturated rings. The smallest absolute Gasteiger partial charge is 0.437 e. The van der Waals surface area contributed by atoms with Crippen LogP contribution in [0.25, 0.3) is 0 Å². The van der Waals surface area contributed by atoms with Crippen LogP contribution in [0.1, 0.15) is 141 Å². The average molecular weight is 1170 g/mol. The minimum absolute atomic E-state index is 0.0377. The number of nitrogens with zero attached hydrogens (tertiary/aromatic N) is 6. The number of H-pyrrole nitrogens is 1. The molecule has 0 radical (unpaired) electrons. The van der Waals surface area contributed by atoms with Crippen molar-refractivity contribution in [3.8, 4) is 5.75 Å². The average Bonchev–Trinajstić information content (AvgIpc) is 1.51. The number of rotatable bonds is 12. The molecule has 1 aromatic heterocycles. The van der Waals surface area contributed by atoms with E-state index >= 15 is 4.79 Å². The number of amides is 6. The Labute approximate surface area is 483 Å². The monoisotopic (exact) mass is 1170 g/mol. The first kappa shape index (κ1) is 66.1. The van der Waals surface area contributed by atoms with Crippen LogP contribution in [0.5, 0.6) is 5.75 Å². The third-order valence-electron chi connectivity index (χ3n) is 13.8. The number of methoxy groups -OCH3 is 2. The van der Waals surface area contributed by atoms with Crippen LogP contribution in [0.3, 0.4) is 0 Å². The SMILES string of the molecule is COc1ccc(CN(C[C@@H]2[C@@H](CNC(=O)c3ccc[nH]3)[C@@H]3[C@@H](C=O)N(C(=NC(=O)OC(C)(C)C)NC(=O)OC(C)(C)C)N4/C(=N/C(=O)OC(C)(C)C)N(C(=O)OC(C)(C)C)C(OC)[C@@]34[C@H]2O[Si](C)(C)C(C)(C)C)C(=O)OC(C)(C)C)cc1. The van der Waals surface area contributed by atoms with Crippen LogP contribution in [-0.4, -0.2) is 167 Å². The molecule has 2 aliphatic heterocycles. The van der Waals surface area contributed by atoms with E-state index < -0.39 is 131 Å². The zero-order valence-electron chi connectivity index (χ0n) is 52.0. The Hall–Kier alpha value is -6.73. The van der Waals surface area contributed by atoms with Gasteiger partial charge in [0.25, 0.3) is 5.91 Å². The number of ether oxygens (including phenoxy) is 7. The molecule has 25 heteroatoms. The number of aldehydes is 1. The van der Waals surface area contributed by atoms with E-state index in [1.807, 2.05) is 33.9 Å².